The van der Waals surface area contributed by atoms with Crippen LogP contribution in [0, 0.1) is 35.5 Å². The molecule has 71 heavy (non-hydrogen) atoms. The van der Waals surface area contributed by atoms with Crippen LogP contribution in [0.25, 0.3) is 0 Å². The van der Waals surface area contributed by atoms with E-state index in [2.05, 4.69) is 17.6 Å². The van der Waals surface area contributed by atoms with Crippen molar-refractivity contribution in [2.45, 2.75) is 167 Å². The van der Waals surface area contributed by atoms with Crippen LogP contribution in [-0.2, 0) is 54.3 Å². The van der Waals surface area contributed by atoms with Crippen molar-refractivity contribution in [2.75, 3.05) is 40.7 Å². The second-order valence-electron chi connectivity index (χ2n) is 20.6. The zero-order valence-corrected chi connectivity index (χ0v) is 44.9. The average Bonchev–Trinajstić information content (AvgIpc) is 3.62. The van der Waals surface area contributed by atoms with Gasteiger partial charge in [-0.25, -0.2) is 4.79 Å². The Morgan fingerprint density at radius 1 is 0.901 bits per heavy atom. The number of benzene rings is 1. The maximum absolute atomic E-state index is 14.7. The van der Waals surface area contributed by atoms with Crippen molar-refractivity contribution in [3.63, 3.8) is 0 Å². The van der Waals surface area contributed by atoms with Gasteiger partial charge in [-0.2, -0.15) is 0 Å². The summed E-state index contributed by atoms with van der Waals surface area (Å²) in [5.41, 5.74) is 6.33. The summed E-state index contributed by atoms with van der Waals surface area (Å²) in [7, 11) is 6.27. The topological polar surface area (TPSA) is 238 Å². The van der Waals surface area contributed by atoms with Gasteiger partial charge in [-0.05, 0) is 54.4 Å². The summed E-state index contributed by atoms with van der Waals surface area (Å²) in [4.78, 5) is 114. The van der Waals surface area contributed by atoms with E-state index < -0.39 is 71.4 Å². The van der Waals surface area contributed by atoms with Gasteiger partial charge in [0.2, 0.25) is 41.4 Å². The highest BCUT2D eigenvalue weighted by molar-refractivity contribution is 8.00. The van der Waals surface area contributed by atoms with Gasteiger partial charge >= 0.3 is 5.97 Å². The number of carboxylic acid groups (broad SMARTS) is 1. The maximum atomic E-state index is 14.7. The first-order valence-corrected chi connectivity index (χ1v) is 26.5. The normalized spacial score (nSPS) is 23.1. The molecule has 398 valence electrons. The molecule has 0 radical (unpaired) electrons. The minimum absolute atomic E-state index is 0.0725. The van der Waals surface area contributed by atoms with Crippen molar-refractivity contribution in [3.8, 4) is 0 Å². The summed E-state index contributed by atoms with van der Waals surface area (Å²) in [6.07, 6.45) is 1.74. The Bertz CT molecular complexity index is 2010. The number of aliphatic carboxylic acids is 1. The van der Waals surface area contributed by atoms with E-state index in [1.54, 1.807) is 38.1 Å². The van der Waals surface area contributed by atoms with Crippen LogP contribution in [0.1, 0.15) is 112 Å². The molecule has 0 bridgehead atoms. The van der Waals surface area contributed by atoms with Crippen molar-refractivity contribution in [3.05, 3.63) is 35.9 Å². The van der Waals surface area contributed by atoms with Crippen molar-refractivity contribution in [1.82, 2.24) is 30.2 Å². The number of carboxylic acids is 1. The zero-order valence-electron chi connectivity index (χ0n) is 44.1. The molecule has 4 rings (SSSR count). The second kappa shape index (κ2) is 26.9. The number of ether oxygens (including phenoxy) is 2. The molecule has 5 N–H and O–H groups in total. The van der Waals surface area contributed by atoms with Crippen LogP contribution in [0.15, 0.2) is 30.3 Å². The fourth-order valence-corrected chi connectivity index (χ4v) is 11.6. The number of carbonyl (C=O) groups is 8. The average molecular weight is 1010 g/mol. The van der Waals surface area contributed by atoms with E-state index in [0.29, 0.717) is 32.1 Å². The van der Waals surface area contributed by atoms with E-state index in [4.69, 9.17) is 15.2 Å². The van der Waals surface area contributed by atoms with Crippen LogP contribution in [-0.4, -0.2) is 166 Å². The molecular weight excluding hydrogens is 931 g/mol. The SMILES string of the molecule is CC[C@H](C)[C@@H]([C@@H](CC(=O)N1C2C(C)C2C[C@H]1[C@H](OC)[C@@H](C)C(=O)N[C@@H](Cc1ccccc1)C(=O)O)OC)N(C)C(=O)[C@@H](NC(=O)[C@H](C(C)C)N(C)C(=O)CCCCCN1C(=O)CC(SCN)C1=O)C(C)C. The first-order valence-electron chi connectivity index (χ1n) is 25.5. The number of likely N-dealkylation sites (N-methyl/N-ethyl adjacent to an activating group) is 2. The highest BCUT2D eigenvalue weighted by Gasteiger charge is 2.62. The quantitative estimate of drug-likeness (QED) is 0.0507. The number of amides is 7. The zero-order chi connectivity index (χ0) is 53.0. The van der Waals surface area contributed by atoms with Crippen LogP contribution >= 0.6 is 11.8 Å². The number of piperidine rings is 1. The van der Waals surface area contributed by atoms with Crippen LogP contribution < -0.4 is 16.4 Å². The van der Waals surface area contributed by atoms with Gasteiger partial charge in [0.15, 0.2) is 0 Å². The Kier molecular flexibility index (Phi) is 22.4. The van der Waals surface area contributed by atoms with E-state index in [0.717, 1.165) is 5.56 Å². The van der Waals surface area contributed by atoms with Gasteiger partial charge in [0, 0.05) is 66.0 Å². The number of nitrogens with zero attached hydrogens (tertiary/aromatic N) is 4. The predicted octanol–water partition coefficient (Wildman–Crippen LogP) is 3.92. The third kappa shape index (κ3) is 14.6. The molecule has 2 aliphatic heterocycles. The molecule has 3 aliphatic rings. The molecule has 1 aromatic carbocycles. The minimum Gasteiger partial charge on any atom is -0.480 e. The van der Waals surface area contributed by atoms with Gasteiger partial charge in [-0.15, -0.1) is 11.8 Å². The lowest BCUT2D eigenvalue weighted by atomic mass is 9.89. The first-order chi connectivity index (χ1) is 33.6. The van der Waals surface area contributed by atoms with E-state index in [1.807, 2.05) is 64.6 Å². The fourth-order valence-electron chi connectivity index (χ4n) is 10.9. The molecule has 0 aromatic heterocycles. The van der Waals surface area contributed by atoms with Gasteiger partial charge in [0.25, 0.3) is 0 Å². The molecule has 13 atom stereocenters. The monoisotopic (exact) mass is 1010 g/mol. The van der Waals surface area contributed by atoms with Crippen LogP contribution in [0.4, 0.5) is 0 Å². The molecule has 3 fully saturated rings. The van der Waals surface area contributed by atoms with Gasteiger partial charge in [0.1, 0.15) is 18.1 Å². The predicted molar refractivity (Wildman–Crippen MR) is 271 cm³/mol. The number of nitrogens with one attached hydrogen (secondary N) is 2. The molecule has 2 heterocycles. The number of fused-ring (bicyclic) bond motifs is 1. The van der Waals surface area contributed by atoms with Gasteiger partial charge in [-0.1, -0.05) is 98.6 Å². The third-order valence-corrected chi connectivity index (χ3v) is 16.2. The van der Waals surface area contributed by atoms with E-state index >= 15 is 0 Å². The van der Waals surface area contributed by atoms with Gasteiger partial charge in [-0.3, -0.25) is 38.5 Å². The van der Waals surface area contributed by atoms with Crippen LogP contribution in [0.2, 0.25) is 0 Å². The Morgan fingerprint density at radius 2 is 1.56 bits per heavy atom. The van der Waals surface area contributed by atoms with Crippen molar-refractivity contribution >= 4 is 59.1 Å². The summed E-state index contributed by atoms with van der Waals surface area (Å²) in [6.45, 7) is 15.4. The van der Waals surface area contributed by atoms with Gasteiger partial charge in [0.05, 0.1) is 41.9 Å². The number of methoxy groups -OCH3 is 2. The molecule has 1 aliphatic carbocycles. The van der Waals surface area contributed by atoms with E-state index in [-0.39, 0.29) is 103 Å². The molecule has 1 aromatic rings. The summed E-state index contributed by atoms with van der Waals surface area (Å²) < 4.78 is 12.1. The number of carbonyl (C=O) groups excluding carboxylic acids is 7. The van der Waals surface area contributed by atoms with Crippen LogP contribution in [0.5, 0.6) is 0 Å². The Balaban J connectivity index is 1.43. The van der Waals surface area contributed by atoms with Crippen molar-refractivity contribution < 1.29 is 52.9 Å². The largest absolute Gasteiger partial charge is 0.480 e. The Hall–Kier alpha value is -4.59. The Labute approximate surface area is 425 Å². The first kappa shape index (κ1) is 59.0. The molecular formula is C52H83N7O11S. The number of hydrogen-bond donors (Lipinski definition) is 4. The van der Waals surface area contributed by atoms with Crippen molar-refractivity contribution in [2.24, 2.45) is 41.2 Å². The third-order valence-electron chi connectivity index (χ3n) is 15.2. The lowest BCUT2D eigenvalue weighted by molar-refractivity contribution is -0.150. The highest BCUT2D eigenvalue weighted by Crippen LogP contribution is 2.54. The summed E-state index contributed by atoms with van der Waals surface area (Å²) in [5, 5.41) is 15.3. The fraction of sp³-hybridized carbons (Fsp3) is 0.731. The number of thioether (sulfide) groups is 1. The highest BCUT2D eigenvalue weighted by atomic mass is 32.2. The summed E-state index contributed by atoms with van der Waals surface area (Å²) in [6, 6.07) is 4.91. The molecule has 19 heteroatoms. The number of rotatable bonds is 29. The van der Waals surface area contributed by atoms with Crippen molar-refractivity contribution in [1.29, 1.82) is 0 Å². The number of hydrogen-bond acceptors (Lipinski definition) is 12. The minimum atomic E-state index is -1.16. The van der Waals surface area contributed by atoms with E-state index in [1.165, 1.54) is 35.8 Å². The number of unbranched alkanes of at least 4 members (excludes halogenated alkanes) is 2. The molecule has 2 saturated heterocycles. The van der Waals surface area contributed by atoms with Crippen LogP contribution in [0.3, 0.4) is 0 Å². The molecule has 7 amide bonds. The number of imide groups is 1. The molecule has 18 nitrogen and oxygen atoms in total. The molecule has 0 spiro atoms. The second-order valence-corrected chi connectivity index (χ2v) is 21.9. The standard InChI is InChI=1S/C52H83N7O11S/c1-13-31(6)45(38(69-11)26-42(62)59-37(25-35-32(7)46(35)59)47(70-12)33(8)48(63)54-36(52(67)68)24-34-20-16-14-17-21-34)57(10)51(66)43(29(2)3)55-49(64)44(30(4)5)56(9)40(60)22-18-15-19-23-58-41(61)27-39(50(58)65)71-28-53/h14,16-17,20-21,29-33,35-39,43-47H,13,15,18-19,22-28,53H2,1-12H3,(H,54,63)(H,55,64)(H,67,68)/t31-,32?,33+,35?,36-,37-,38+,39?,43-,44-,45-,46?,47+/m0/s1. The lowest BCUT2D eigenvalue weighted by Crippen LogP contribution is -2.60. The molecule has 4 unspecified atom stereocenters. The lowest BCUT2D eigenvalue weighted by Gasteiger charge is -2.41. The number of nitrogens with two attached hydrogens (primary N) is 1. The molecule has 1 saturated carbocycles. The smallest absolute Gasteiger partial charge is 0.326 e. The Morgan fingerprint density at radius 3 is 2.13 bits per heavy atom. The number of likely N-dealkylation sites (tertiary alicyclic amines) is 2. The summed E-state index contributed by atoms with van der Waals surface area (Å²) in [5.74, 6) is -4.27. The van der Waals surface area contributed by atoms with Gasteiger partial charge < -0.3 is 45.6 Å². The maximum Gasteiger partial charge on any atom is 0.326 e. The summed E-state index contributed by atoms with van der Waals surface area (Å²) >= 11 is 1.26. The van der Waals surface area contributed by atoms with E-state index in [9.17, 15) is 43.5 Å².